The lowest BCUT2D eigenvalue weighted by Crippen LogP contribution is -2.43. The zero-order valence-corrected chi connectivity index (χ0v) is 13.8. The molecule has 5 amide bonds. The van der Waals surface area contributed by atoms with Gasteiger partial charge >= 0.3 is 17.8 Å². The molecule has 1 fully saturated rings. The van der Waals surface area contributed by atoms with Crippen molar-refractivity contribution in [2.75, 3.05) is 18.0 Å². The van der Waals surface area contributed by atoms with E-state index < -0.39 is 30.3 Å². The van der Waals surface area contributed by atoms with Gasteiger partial charge in [0.05, 0.1) is 12.8 Å². The molecular weight excluding hydrogens is 338 g/mol. The molecule has 0 aliphatic carbocycles. The molecule has 132 valence electrons. The molecule has 8 nitrogen and oxygen atoms in total. The largest absolute Gasteiger partial charge is 0.467 e. The van der Waals surface area contributed by atoms with E-state index in [1.165, 1.54) is 11.2 Å². The number of nitrogens with zero attached hydrogens (tertiary/aromatic N) is 3. The second-order valence-corrected chi connectivity index (χ2v) is 6.07. The van der Waals surface area contributed by atoms with E-state index in [2.05, 4.69) is 0 Å². The van der Waals surface area contributed by atoms with Crippen LogP contribution in [0.15, 0.2) is 47.1 Å². The number of imide groups is 2. The van der Waals surface area contributed by atoms with Crippen LogP contribution in [0.25, 0.3) is 0 Å². The Labute approximate surface area is 148 Å². The minimum Gasteiger partial charge on any atom is -0.467 e. The van der Waals surface area contributed by atoms with Crippen LogP contribution in [0.5, 0.6) is 0 Å². The Bertz CT molecular complexity index is 905. The number of hydrogen-bond acceptors (Lipinski definition) is 5. The number of rotatable bonds is 4. The van der Waals surface area contributed by atoms with Crippen molar-refractivity contribution < 1.29 is 23.6 Å². The van der Waals surface area contributed by atoms with Crippen LogP contribution in [0.4, 0.5) is 10.5 Å². The van der Waals surface area contributed by atoms with Crippen LogP contribution in [0.3, 0.4) is 0 Å². The van der Waals surface area contributed by atoms with Gasteiger partial charge in [-0.05, 0) is 30.2 Å². The van der Waals surface area contributed by atoms with Crippen molar-refractivity contribution in [2.45, 2.75) is 13.0 Å². The van der Waals surface area contributed by atoms with Gasteiger partial charge in [0.15, 0.2) is 0 Å². The fraction of sp³-hybridized carbons (Fsp3) is 0.222. The van der Waals surface area contributed by atoms with E-state index in [0.717, 1.165) is 16.2 Å². The number of fused-ring (bicyclic) bond motifs is 1. The number of hydrogen-bond donors (Lipinski definition) is 0. The van der Waals surface area contributed by atoms with Crippen molar-refractivity contribution in [3.8, 4) is 0 Å². The molecule has 1 aromatic heterocycles. The van der Waals surface area contributed by atoms with Crippen LogP contribution in [0.1, 0.15) is 11.3 Å². The second kappa shape index (κ2) is 6.14. The minimum absolute atomic E-state index is 0.145. The highest BCUT2D eigenvalue weighted by atomic mass is 16.3. The van der Waals surface area contributed by atoms with Crippen molar-refractivity contribution in [3.63, 3.8) is 0 Å². The minimum atomic E-state index is -0.998. The van der Waals surface area contributed by atoms with Gasteiger partial charge in [-0.1, -0.05) is 18.2 Å². The van der Waals surface area contributed by atoms with Crippen molar-refractivity contribution in [1.29, 1.82) is 0 Å². The fourth-order valence-electron chi connectivity index (χ4n) is 3.21. The fourth-order valence-corrected chi connectivity index (χ4v) is 3.21. The lowest BCUT2D eigenvalue weighted by Gasteiger charge is -2.20. The van der Waals surface area contributed by atoms with Gasteiger partial charge in [-0.3, -0.25) is 14.4 Å². The predicted molar refractivity (Wildman–Crippen MR) is 88.9 cm³/mol. The molecule has 8 heteroatoms. The van der Waals surface area contributed by atoms with Crippen molar-refractivity contribution in [3.05, 3.63) is 54.0 Å². The van der Waals surface area contributed by atoms with E-state index in [0.29, 0.717) is 23.6 Å². The molecule has 1 aromatic carbocycles. The summed E-state index contributed by atoms with van der Waals surface area (Å²) in [6.45, 7) is -0.126. The molecule has 1 saturated heterocycles. The molecule has 0 radical (unpaired) electrons. The maximum Gasteiger partial charge on any atom is 0.335 e. The molecular formula is C18H15N3O5. The average molecular weight is 353 g/mol. The van der Waals surface area contributed by atoms with Gasteiger partial charge < -0.3 is 9.32 Å². The summed E-state index contributed by atoms with van der Waals surface area (Å²) in [6, 6.07) is 9.88. The zero-order chi connectivity index (χ0) is 18.3. The third-order valence-corrected chi connectivity index (χ3v) is 4.51. The number of amides is 5. The molecule has 0 unspecified atom stereocenters. The standard InChI is InChI=1S/C18H15N3O5/c22-15(19-8-7-12-4-1-2-6-14(12)19)11-21-17(24)16(23)20(18(21)25)10-13-5-3-9-26-13/h1-6,9H,7-8,10-11H2. The van der Waals surface area contributed by atoms with Gasteiger partial charge in [-0.25, -0.2) is 14.6 Å². The van der Waals surface area contributed by atoms with Crippen LogP contribution >= 0.6 is 0 Å². The maximum atomic E-state index is 12.6. The highest BCUT2D eigenvalue weighted by molar-refractivity contribution is 6.45. The molecule has 0 spiro atoms. The summed E-state index contributed by atoms with van der Waals surface area (Å²) in [6.07, 6.45) is 2.13. The Morgan fingerprint density at radius 3 is 2.54 bits per heavy atom. The van der Waals surface area contributed by atoms with E-state index >= 15 is 0 Å². The van der Waals surface area contributed by atoms with Crippen LogP contribution in [0, 0.1) is 0 Å². The van der Waals surface area contributed by atoms with Crippen LogP contribution in [-0.4, -0.2) is 46.6 Å². The quantitative estimate of drug-likeness (QED) is 0.608. The van der Waals surface area contributed by atoms with Gasteiger partial charge in [0, 0.05) is 12.2 Å². The molecule has 4 rings (SSSR count). The summed E-state index contributed by atoms with van der Waals surface area (Å²) >= 11 is 0. The summed E-state index contributed by atoms with van der Waals surface area (Å²) in [5.41, 5.74) is 1.81. The van der Waals surface area contributed by atoms with Crippen molar-refractivity contribution in [1.82, 2.24) is 9.80 Å². The maximum absolute atomic E-state index is 12.6. The van der Waals surface area contributed by atoms with E-state index in [9.17, 15) is 19.2 Å². The third kappa shape index (κ3) is 2.55. The lowest BCUT2D eigenvalue weighted by atomic mass is 10.2. The molecule has 0 bridgehead atoms. The molecule has 2 aromatic rings. The Balaban J connectivity index is 1.50. The molecule has 2 aliphatic heterocycles. The predicted octanol–water partition coefficient (Wildman–Crippen LogP) is 1.16. The first kappa shape index (κ1) is 16.1. The number of benzene rings is 1. The van der Waals surface area contributed by atoms with E-state index in [4.69, 9.17) is 4.42 Å². The Kier molecular flexibility index (Phi) is 3.80. The number of para-hydroxylation sites is 1. The van der Waals surface area contributed by atoms with E-state index in [1.807, 2.05) is 24.3 Å². The first-order valence-corrected chi connectivity index (χ1v) is 8.14. The van der Waals surface area contributed by atoms with Crippen LogP contribution < -0.4 is 4.90 Å². The van der Waals surface area contributed by atoms with Crippen molar-refractivity contribution in [2.24, 2.45) is 0 Å². The Hall–Kier alpha value is -3.42. The topological polar surface area (TPSA) is 91.1 Å². The lowest BCUT2D eigenvalue weighted by molar-refractivity contribution is -0.144. The molecule has 3 heterocycles. The zero-order valence-electron chi connectivity index (χ0n) is 13.8. The normalized spacial score (nSPS) is 16.6. The SMILES string of the molecule is O=C1C(=O)N(Cc2ccco2)C(=O)N1CC(=O)N1CCc2ccccc21. The molecule has 0 N–H and O–H groups in total. The molecule has 26 heavy (non-hydrogen) atoms. The van der Waals surface area contributed by atoms with E-state index in [1.54, 1.807) is 12.1 Å². The highest BCUT2D eigenvalue weighted by Gasteiger charge is 2.46. The first-order chi connectivity index (χ1) is 12.6. The smallest absolute Gasteiger partial charge is 0.335 e. The Morgan fingerprint density at radius 2 is 1.77 bits per heavy atom. The summed E-state index contributed by atoms with van der Waals surface area (Å²) in [4.78, 5) is 52.3. The number of carbonyl (C=O) groups excluding carboxylic acids is 4. The Morgan fingerprint density at radius 1 is 1.00 bits per heavy atom. The van der Waals surface area contributed by atoms with Gasteiger partial charge in [0.25, 0.3) is 0 Å². The van der Waals surface area contributed by atoms with Gasteiger partial charge in [-0.2, -0.15) is 0 Å². The first-order valence-electron chi connectivity index (χ1n) is 8.14. The summed E-state index contributed by atoms with van der Waals surface area (Å²) < 4.78 is 5.11. The van der Waals surface area contributed by atoms with Gasteiger partial charge in [0.1, 0.15) is 12.3 Å². The second-order valence-electron chi connectivity index (χ2n) is 6.07. The van der Waals surface area contributed by atoms with E-state index in [-0.39, 0.29) is 6.54 Å². The number of anilines is 1. The monoisotopic (exact) mass is 353 g/mol. The average Bonchev–Trinajstić information content (AvgIpc) is 3.35. The summed E-state index contributed by atoms with van der Waals surface area (Å²) in [5.74, 6) is -1.98. The number of carbonyl (C=O) groups is 4. The summed E-state index contributed by atoms with van der Waals surface area (Å²) in [5, 5.41) is 0. The summed E-state index contributed by atoms with van der Waals surface area (Å²) in [7, 11) is 0. The van der Waals surface area contributed by atoms with Gasteiger partial charge in [-0.15, -0.1) is 0 Å². The number of furan rings is 1. The van der Waals surface area contributed by atoms with Crippen LogP contribution in [0.2, 0.25) is 0 Å². The molecule has 0 saturated carbocycles. The molecule has 0 atom stereocenters. The third-order valence-electron chi connectivity index (χ3n) is 4.51. The molecule has 2 aliphatic rings. The van der Waals surface area contributed by atoms with Gasteiger partial charge in [0.2, 0.25) is 5.91 Å². The van der Waals surface area contributed by atoms with Crippen molar-refractivity contribution >= 4 is 29.4 Å². The number of urea groups is 1. The highest BCUT2D eigenvalue weighted by Crippen LogP contribution is 2.28. The van der Waals surface area contributed by atoms with Crippen LogP contribution in [-0.2, 0) is 27.3 Å².